The predicted octanol–water partition coefficient (Wildman–Crippen LogP) is 4.77. The lowest BCUT2D eigenvalue weighted by Crippen LogP contribution is -2.03. The molecule has 2 heteroatoms. The number of benzene rings is 1. The number of rotatable bonds is 4. The fourth-order valence-corrected chi connectivity index (χ4v) is 4.51. The molecule has 0 aromatic heterocycles. The van der Waals surface area contributed by atoms with Gasteiger partial charge in [0.25, 0.3) is 0 Å². The summed E-state index contributed by atoms with van der Waals surface area (Å²) in [4.78, 5) is 0. The van der Waals surface area contributed by atoms with Crippen LogP contribution in [0.4, 0.5) is 0 Å². The Morgan fingerprint density at radius 2 is 1.67 bits per heavy atom. The zero-order chi connectivity index (χ0) is 11.4. The van der Waals surface area contributed by atoms with Crippen LogP contribution in [0.3, 0.4) is 0 Å². The molecule has 1 rings (SSSR count). The summed E-state index contributed by atoms with van der Waals surface area (Å²) < 4.78 is 0. The largest absolute Gasteiger partial charge is 0.0628 e. The van der Waals surface area contributed by atoms with E-state index in [1.165, 1.54) is 29.0 Å². The molecular weight excluding hydrogens is 267 g/mol. The third-order valence-electron chi connectivity index (χ3n) is 2.39. The number of aryl methyl sites for hydroxylation is 2. The molecule has 0 spiro atoms. The van der Waals surface area contributed by atoms with E-state index >= 15 is 0 Å². The first kappa shape index (κ1) is 13.2. The Bertz CT molecular complexity index is 300. The first-order chi connectivity index (χ1) is 6.99. The van der Waals surface area contributed by atoms with Gasteiger partial charge in [-0.05, 0) is 44.3 Å². The Morgan fingerprint density at radius 1 is 1.13 bits per heavy atom. The van der Waals surface area contributed by atoms with Crippen molar-refractivity contribution in [2.24, 2.45) is 5.92 Å². The predicted molar refractivity (Wildman–Crippen MR) is 75.7 cm³/mol. The molecule has 0 aliphatic rings. The van der Waals surface area contributed by atoms with Crippen molar-refractivity contribution in [3.05, 3.63) is 29.3 Å². The van der Waals surface area contributed by atoms with Crippen LogP contribution in [0.2, 0.25) is 0 Å². The lowest BCUT2D eigenvalue weighted by molar-refractivity contribution is 0.631. The average Bonchev–Trinajstić information content (AvgIpc) is 2.12. The van der Waals surface area contributed by atoms with Gasteiger partial charge >= 0.3 is 0 Å². The van der Waals surface area contributed by atoms with E-state index in [-0.39, 0.29) is 6.62 Å². The summed E-state index contributed by atoms with van der Waals surface area (Å²) in [6.45, 7) is 8.80. The van der Waals surface area contributed by atoms with E-state index in [9.17, 15) is 0 Å². The summed E-state index contributed by atoms with van der Waals surface area (Å²) >= 11 is 3.85. The van der Waals surface area contributed by atoms with Crippen LogP contribution in [-0.2, 0) is 0 Å². The minimum atomic E-state index is -0.128. The van der Waals surface area contributed by atoms with Crippen LogP contribution in [0.5, 0.6) is 0 Å². The van der Waals surface area contributed by atoms with E-state index in [2.05, 4.69) is 61.4 Å². The Morgan fingerprint density at radius 3 is 2.13 bits per heavy atom. The fourth-order valence-electron chi connectivity index (χ4n) is 1.59. The summed E-state index contributed by atoms with van der Waals surface area (Å²) in [5, 5.41) is 1.49. The first-order valence-corrected chi connectivity index (χ1v) is 9.05. The lowest BCUT2D eigenvalue weighted by atomic mass is 10.2. The van der Waals surface area contributed by atoms with Crippen LogP contribution in [-0.4, -0.2) is 6.16 Å². The van der Waals surface area contributed by atoms with E-state index in [4.69, 9.17) is 0 Å². The number of hydrogen-bond donors (Lipinski definition) is 0. The number of halogens is 1. The highest BCUT2D eigenvalue weighted by atomic mass is 79.9. The van der Waals surface area contributed by atoms with Gasteiger partial charge < -0.3 is 0 Å². The van der Waals surface area contributed by atoms with E-state index in [0.29, 0.717) is 0 Å². The highest BCUT2D eigenvalue weighted by molar-refractivity contribution is 9.40. The molecule has 0 amide bonds. The molecule has 0 saturated heterocycles. The van der Waals surface area contributed by atoms with Gasteiger partial charge in [-0.15, -0.1) is 0 Å². The summed E-state index contributed by atoms with van der Waals surface area (Å²) in [6.07, 6.45) is 2.60. The molecule has 1 unspecified atom stereocenters. The SMILES string of the molecule is Cc1cc(C)cc(P(Br)CCC(C)C)c1. The maximum atomic E-state index is 3.85. The van der Waals surface area contributed by atoms with Gasteiger partial charge in [-0.2, -0.15) is 0 Å². The molecule has 0 N–H and O–H groups in total. The van der Waals surface area contributed by atoms with Crippen molar-refractivity contribution in [3.8, 4) is 0 Å². The molecule has 15 heavy (non-hydrogen) atoms. The monoisotopic (exact) mass is 286 g/mol. The highest BCUT2D eigenvalue weighted by Gasteiger charge is 2.08. The van der Waals surface area contributed by atoms with Gasteiger partial charge in [0.1, 0.15) is 0 Å². The van der Waals surface area contributed by atoms with Crippen molar-refractivity contribution in [3.63, 3.8) is 0 Å². The van der Waals surface area contributed by atoms with Gasteiger partial charge in [0, 0.05) is 0 Å². The van der Waals surface area contributed by atoms with Crippen LogP contribution in [0, 0.1) is 19.8 Å². The third kappa shape index (κ3) is 4.66. The van der Waals surface area contributed by atoms with Crippen molar-refractivity contribution < 1.29 is 0 Å². The summed E-state index contributed by atoms with van der Waals surface area (Å²) in [7, 11) is 0. The molecule has 84 valence electrons. The normalized spacial score (nSPS) is 13.2. The molecule has 0 fully saturated rings. The maximum Gasteiger partial charge on any atom is -0.00449 e. The Balaban J connectivity index is 2.68. The van der Waals surface area contributed by atoms with Gasteiger partial charge in [-0.1, -0.05) is 58.7 Å². The van der Waals surface area contributed by atoms with E-state index in [0.717, 1.165) is 5.92 Å². The molecule has 0 radical (unpaired) electrons. The Hall–Kier alpha value is 0.130. The van der Waals surface area contributed by atoms with Crippen molar-refractivity contribution in [2.45, 2.75) is 34.1 Å². The van der Waals surface area contributed by atoms with Gasteiger partial charge in [-0.3, -0.25) is 0 Å². The molecule has 0 bridgehead atoms. The summed E-state index contributed by atoms with van der Waals surface area (Å²) in [6, 6.07) is 6.86. The molecule has 0 saturated carbocycles. The fraction of sp³-hybridized carbons (Fsp3) is 0.538. The van der Waals surface area contributed by atoms with Gasteiger partial charge in [-0.25, -0.2) is 0 Å². The van der Waals surface area contributed by atoms with Crippen molar-refractivity contribution in [1.29, 1.82) is 0 Å². The molecule has 0 nitrogen and oxygen atoms in total. The first-order valence-electron chi connectivity index (χ1n) is 5.50. The van der Waals surface area contributed by atoms with Crippen molar-refractivity contribution in [2.75, 3.05) is 6.16 Å². The van der Waals surface area contributed by atoms with Crippen LogP contribution in [0.1, 0.15) is 31.4 Å². The second-order valence-corrected chi connectivity index (χ2v) is 8.87. The topological polar surface area (TPSA) is 0 Å². The second-order valence-electron chi connectivity index (χ2n) is 4.61. The molecule has 0 heterocycles. The van der Waals surface area contributed by atoms with Gasteiger partial charge in [0.05, 0.1) is 0 Å². The zero-order valence-electron chi connectivity index (χ0n) is 10.0. The molecule has 1 aromatic carbocycles. The molecule has 1 atom stereocenters. The molecular formula is C13H20BrP. The summed E-state index contributed by atoms with van der Waals surface area (Å²) in [5.41, 5.74) is 2.75. The maximum absolute atomic E-state index is 3.85. The van der Waals surface area contributed by atoms with Crippen molar-refractivity contribution in [1.82, 2.24) is 0 Å². The molecule has 0 aliphatic heterocycles. The Labute approximate surface area is 103 Å². The van der Waals surface area contributed by atoms with Crippen LogP contribution in [0.15, 0.2) is 18.2 Å². The van der Waals surface area contributed by atoms with Crippen LogP contribution < -0.4 is 5.30 Å². The zero-order valence-corrected chi connectivity index (χ0v) is 12.5. The highest BCUT2D eigenvalue weighted by Crippen LogP contribution is 2.44. The van der Waals surface area contributed by atoms with E-state index < -0.39 is 0 Å². The van der Waals surface area contributed by atoms with Gasteiger partial charge in [0.2, 0.25) is 0 Å². The molecule has 0 aliphatic carbocycles. The third-order valence-corrected chi connectivity index (χ3v) is 6.15. The minimum Gasteiger partial charge on any atom is -0.0628 e. The second kappa shape index (κ2) is 6.01. The van der Waals surface area contributed by atoms with Gasteiger partial charge in [0.15, 0.2) is 0 Å². The van der Waals surface area contributed by atoms with Crippen LogP contribution in [0.25, 0.3) is 0 Å². The van der Waals surface area contributed by atoms with E-state index in [1.54, 1.807) is 0 Å². The standard InChI is InChI=1S/C13H20BrP/c1-10(2)5-6-15(14)13-8-11(3)7-12(4)9-13/h7-10H,5-6H2,1-4H3. The molecule has 1 aromatic rings. The van der Waals surface area contributed by atoms with Crippen molar-refractivity contribution >= 4 is 27.4 Å². The number of hydrogen-bond acceptors (Lipinski definition) is 0. The minimum absolute atomic E-state index is 0.128. The van der Waals surface area contributed by atoms with E-state index in [1.807, 2.05) is 0 Å². The average molecular weight is 287 g/mol. The smallest absolute Gasteiger partial charge is 0.00449 e. The Kier molecular flexibility index (Phi) is 5.29. The quantitative estimate of drug-likeness (QED) is 0.700. The summed E-state index contributed by atoms with van der Waals surface area (Å²) in [5.74, 6) is 0.804. The van der Waals surface area contributed by atoms with Crippen LogP contribution >= 0.6 is 22.1 Å². The lowest BCUT2D eigenvalue weighted by Gasteiger charge is -2.13.